The van der Waals surface area contributed by atoms with Crippen molar-refractivity contribution in [2.75, 3.05) is 13.1 Å². The van der Waals surface area contributed by atoms with E-state index in [1.807, 2.05) is 11.6 Å². The minimum Gasteiger partial charge on any atom is -0.446 e. The summed E-state index contributed by atoms with van der Waals surface area (Å²) in [6.07, 6.45) is 0.368. The number of nitrogens with one attached hydrogen (secondary N) is 1. The van der Waals surface area contributed by atoms with Crippen LogP contribution in [0.3, 0.4) is 0 Å². The maximum absolute atomic E-state index is 12.2. The standard InChI is InChI=1S/C11H23N3O4S/c1-8(2)18-11(15)13-19(16,17)14-6-4-5-9(3)10(14)7-12/h8-10H,4-7,12H2,1-3H3,(H,13,15). The van der Waals surface area contributed by atoms with E-state index >= 15 is 0 Å². The molecule has 1 fully saturated rings. The zero-order valence-corrected chi connectivity index (χ0v) is 12.4. The fourth-order valence-corrected chi connectivity index (χ4v) is 3.66. The Balaban J connectivity index is 2.77. The fourth-order valence-electron chi connectivity index (χ4n) is 2.26. The number of carbonyl (C=O) groups is 1. The van der Waals surface area contributed by atoms with E-state index in [-0.39, 0.29) is 24.6 Å². The van der Waals surface area contributed by atoms with Crippen molar-refractivity contribution in [3.63, 3.8) is 0 Å². The Kier molecular flexibility index (Phi) is 5.57. The number of rotatable bonds is 4. The molecule has 0 aliphatic carbocycles. The van der Waals surface area contributed by atoms with Crippen molar-refractivity contribution in [3.8, 4) is 0 Å². The van der Waals surface area contributed by atoms with Crippen LogP contribution in [0.5, 0.6) is 0 Å². The number of nitrogens with two attached hydrogens (primary N) is 1. The normalized spacial score (nSPS) is 25.3. The molecule has 0 spiro atoms. The van der Waals surface area contributed by atoms with Gasteiger partial charge in [-0.2, -0.15) is 12.7 Å². The van der Waals surface area contributed by atoms with Crippen LogP contribution in [0.15, 0.2) is 0 Å². The molecule has 1 saturated heterocycles. The van der Waals surface area contributed by atoms with Crippen molar-refractivity contribution in [1.29, 1.82) is 0 Å². The van der Waals surface area contributed by atoms with Crippen molar-refractivity contribution in [2.45, 2.75) is 45.8 Å². The molecule has 0 radical (unpaired) electrons. The Morgan fingerprint density at radius 3 is 2.68 bits per heavy atom. The van der Waals surface area contributed by atoms with E-state index in [9.17, 15) is 13.2 Å². The van der Waals surface area contributed by atoms with Crippen LogP contribution < -0.4 is 10.5 Å². The third kappa shape index (κ3) is 4.32. The monoisotopic (exact) mass is 293 g/mol. The molecule has 3 N–H and O–H groups in total. The first kappa shape index (κ1) is 16.2. The van der Waals surface area contributed by atoms with Gasteiger partial charge in [-0.15, -0.1) is 0 Å². The third-order valence-electron chi connectivity index (χ3n) is 3.17. The van der Waals surface area contributed by atoms with Gasteiger partial charge >= 0.3 is 16.3 Å². The van der Waals surface area contributed by atoms with Crippen LogP contribution in [0.1, 0.15) is 33.6 Å². The quantitative estimate of drug-likeness (QED) is 0.782. The molecule has 0 saturated carbocycles. The second-order valence-electron chi connectivity index (χ2n) is 5.09. The Morgan fingerprint density at radius 1 is 1.53 bits per heavy atom. The lowest BCUT2D eigenvalue weighted by Gasteiger charge is -2.37. The Hall–Kier alpha value is -0.860. The summed E-state index contributed by atoms with van der Waals surface area (Å²) in [7, 11) is -3.89. The zero-order chi connectivity index (χ0) is 14.6. The molecule has 1 aliphatic heterocycles. The van der Waals surface area contributed by atoms with E-state index < -0.39 is 16.3 Å². The van der Waals surface area contributed by atoms with Gasteiger partial charge < -0.3 is 10.5 Å². The molecule has 8 heteroatoms. The Labute approximate surface area is 114 Å². The molecule has 0 bridgehead atoms. The Morgan fingerprint density at radius 2 is 2.16 bits per heavy atom. The number of carbonyl (C=O) groups excluding carboxylic acids is 1. The third-order valence-corrected chi connectivity index (χ3v) is 4.67. The van der Waals surface area contributed by atoms with E-state index in [2.05, 4.69) is 0 Å². The fraction of sp³-hybridized carbons (Fsp3) is 0.909. The molecule has 0 aromatic carbocycles. The lowest BCUT2D eigenvalue weighted by atomic mass is 9.93. The highest BCUT2D eigenvalue weighted by atomic mass is 32.2. The summed E-state index contributed by atoms with van der Waals surface area (Å²) >= 11 is 0. The highest BCUT2D eigenvalue weighted by Crippen LogP contribution is 2.24. The van der Waals surface area contributed by atoms with Gasteiger partial charge in [-0.1, -0.05) is 6.92 Å². The lowest BCUT2D eigenvalue weighted by Crippen LogP contribution is -2.55. The zero-order valence-electron chi connectivity index (χ0n) is 11.6. The number of hydrogen-bond donors (Lipinski definition) is 2. The van der Waals surface area contributed by atoms with Gasteiger partial charge in [0.2, 0.25) is 0 Å². The molecular weight excluding hydrogens is 270 g/mol. The molecule has 2 unspecified atom stereocenters. The van der Waals surface area contributed by atoms with Gasteiger partial charge in [0, 0.05) is 19.1 Å². The van der Waals surface area contributed by atoms with Crippen LogP contribution in [0.4, 0.5) is 4.79 Å². The summed E-state index contributed by atoms with van der Waals surface area (Å²) in [5.74, 6) is 0.177. The summed E-state index contributed by atoms with van der Waals surface area (Å²) in [6, 6.07) is -0.280. The smallest absolute Gasteiger partial charge is 0.422 e. The molecule has 112 valence electrons. The summed E-state index contributed by atoms with van der Waals surface area (Å²) in [5, 5.41) is 0. The van der Waals surface area contributed by atoms with Crippen LogP contribution in [0.25, 0.3) is 0 Å². The van der Waals surface area contributed by atoms with E-state index in [1.54, 1.807) is 13.8 Å². The van der Waals surface area contributed by atoms with Gasteiger partial charge in [0.1, 0.15) is 0 Å². The molecule has 1 heterocycles. The molecule has 7 nitrogen and oxygen atoms in total. The SMILES string of the molecule is CC(C)OC(=O)NS(=O)(=O)N1CCCC(C)C1CN. The van der Waals surface area contributed by atoms with E-state index in [0.29, 0.717) is 6.54 Å². The van der Waals surface area contributed by atoms with Crippen molar-refractivity contribution < 1.29 is 17.9 Å². The highest BCUT2D eigenvalue weighted by molar-refractivity contribution is 7.87. The largest absolute Gasteiger partial charge is 0.446 e. The highest BCUT2D eigenvalue weighted by Gasteiger charge is 2.36. The average Bonchev–Trinajstić information content (AvgIpc) is 2.26. The molecule has 1 aliphatic rings. The molecule has 19 heavy (non-hydrogen) atoms. The second-order valence-corrected chi connectivity index (χ2v) is 6.72. The summed E-state index contributed by atoms with van der Waals surface area (Å²) in [4.78, 5) is 11.4. The molecule has 2 atom stereocenters. The van der Waals surface area contributed by atoms with Gasteiger partial charge in [-0.25, -0.2) is 9.52 Å². The molecule has 1 rings (SSSR count). The van der Waals surface area contributed by atoms with Crippen LogP contribution in [0.2, 0.25) is 0 Å². The van der Waals surface area contributed by atoms with Crippen LogP contribution in [-0.4, -0.2) is 44.1 Å². The van der Waals surface area contributed by atoms with Gasteiger partial charge in [-0.05, 0) is 32.6 Å². The predicted octanol–water partition coefficient (Wildman–Crippen LogP) is 0.425. The van der Waals surface area contributed by atoms with Gasteiger partial charge in [-0.3, -0.25) is 0 Å². The number of ether oxygens (including phenoxy) is 1. The van der Waals surface area contributed by atoms with Crippen molar-refractivity contribution in [3.05, 3.63) is 0 Å². The first-order valence-electron chi connectivity index (χ1n) is 6.48. The lowest BCUT2D eigenvalue weighted by molar-refractivity contribution is 0.119. The molecule has 1 amide bonds. The number of nitrogens with zero attached hydrogens (tertiary/aromatic N) is 1. The van der Waals surface area contributed by atoms with Crippen molar-refractivity contribution >= 4 is 16.3 Å². The molecule has 0 aromatic heterocycles. The van der Waals surface area contributed by atoms with Crippen LogP contribution >= 0.6 is 0 Å². The topological polar surface area (TPSA) is 102 Å². The van der Waals surface area contributed by atoms with E-state index in [1.165, 1.54) is 4.31 Å². The van der Waals surface area contributed by atoms with Crippen molar-refractivity contribution in [1.82, 2.24) is 9.03 Å². The summed E-state index contributed by atoms with van der Waals surface area (Å²) < 4.78 is 32.3. The molecule has 0 aromatic rings. The van der Waals surface area contributed by atoms with Gasteiger partial charge in [0.25, 0.3) is 0 Å². The van der Waals surface area contributed by atoms with Crippen LogP contribution in [-0.2, 0) is 14.9 Å². The number of hydrogen-bond acceptors (Lipinski definition) is 5. The van der Waals surface area contributed by atoms with Crippen molar-refractivity contribution in [2.24, 2.45) is 11.7 Å². The molecular formula is C11H23N3O4S. The maximum Gasteiger partial charge on any atom is 0.422 e. The van der Waals surface area contributed by atoms with E-state index in [0.717, 1.165) is 12.8 Å². The first-order chi connectivity index (χ1) is 8.77. The Bertz CT molecular complexity index is 410. The maximum atomic E-state index is 12.2. The average molecular weight is 293 g/mol. The number of amides is 1. The van der Waals surface area contributed by atoms with E-state index in [4.69, 9.17) is 10.5 Å². The minimum absolute atomic E-state index is 0.177. The predicted molar refractivity (Wildman–Crippen MR) is 71.6 cm³/mol. The van der Waals surface area contributed by atoms with Crippen LogP contribution in [0, 0.1) is 5.92 Å². The first-order valence-corrected chi connectivity index (χ1v) is 7.92. The second kappa shape index (κ2) is 6.53. The van der Waals surface area contributed by atoms with Gasteiger partial charge in [0.15, 0.2) is 0 Å². The van der Waals surface area contributed by atoms with Gasteiger partial charge in [0.05, 0.1) is 6.10 Å². The summed E-state index contributed by atoms with van der Waals surface area (Å²) in [5.41, 5.74) is 5.64. The minimum atomic E-state index is -3.89. The summed E-state index contributed by atoms with van der Waals surface area (Å²) in [6.45, 7) is 5.87. The number of piperidine rings is 1.